The molecule has 0 aliphatic heterocycles. The van der Waals surface area contributed by atoms with Crippen LogP contribution in [0.25, 0.3) is 0 Å². The lowest BCUT2D eigenvalue weighted by atomic mass is 9.87. The standard InChI is InChI=1S/C26H29N5O2/c1-19-5-7-20(8-6-19)17-30-16-14-24(29-30)27-25(32)23-13-15-31(28-23)18-33-22-11-9-21(10-12-22)26(2,3)4/h5-16H,17-18H2,1-4H3,(H,27,29,32). The summed E-state index contributed by atoms with van der Waals surface area (Å²) >= 11 is 0. The Kier molecular flexibility index (Phi) is 6.31. The van der Waals surface area contributed by atoms with Crippen LogP contribution in [-0.4, -0.2) is 25.5 Å². The molecule has 33 heavy (non-hydrogen) atoms. The van der Waals surface area contributed by atoms with Gasteiger partial charge in [-0.15, -0.1) is 0 Å². The second-order valence-electron chi connectivity index (χ2n) is 9.13. The first-order valence-electron chi connectivity index (χ1n) is 10.9. The number of carbonyl (C=O) groups is 1. The monoisotopic (exact) mass is 443 g/mol. The maximum atomic E-state index is 12.6. The molecule has 4 aromatic rings. The Hall–Kier alpha value is -3.87. The number of benzene rings is 2. The van der Waals surface area contributed by atoms with E-state index in [0.717, 1.165) is 11.3 Å². The molecule has 0 spiro atoms. The van der Waals surface area contributed by atoms with Crippen molar-refractivity contribution in [2.45, 2.75) is 46.4 Å². The van der Waals surface area contributed by atoms with Gasteiger partial charge in [-0.1, -0.05) is 62.7 Å². The lowest BCUT2D eigenvalue weighted by molar-refractivity contribution is 0.101. The summed E-state index contributed by atoms with van der Waals surface area (Å²) in [5, 5.41) is 11.5. The van der Waals surface area contributed by atoms with Gasteiger partial charge in [0.1, 0.15) is 5.75 Å². The van der Waals surface area contributed by atoms with Gasteiger partial charge in [-0.2, -0.15) is 10.2 Å². The summed E-state index contributed by atoms with van der Waals surface area (Å²) in [4.78, 5) is 12.6. The third kappa shape index (κ3) is 5.88. The van der Waals surface area contributed by atoms with Crippen LogP contribution >= 0.6 is 0 Å². The fourth-order valence-electron chi connectivity index (χ4n) is 3.32. The van der Waals surface area contributed by atoms with Crippen molar-refractivity contribution in [1.29, 1.82) is 0 Å². The van der Waals surface area contributed by atoms with Gasteiger partial charge >= 0.3 is 0 Å². The van der Waals surface area contributed by atoms with Crippen LogP contribution in [0.4, 0.5) is 5.82 Å². The third-order valence-electron chi connectivity index (χ3n) is 5.30. The van der Waals surface area contributed by atoms with Gasteiger partial charge in [0.05, 0.1) is 6.54 Å². The minimum atomic E-state index is -0.316. The average molecular weight is 444 g/mol. The van der Waals surface area contributed by atoms with Gasteiger partial charge in [0, 0.05) is 18.5 Å². The van der Waals surface area contributed by atoms with E-state index in [1.807, 2.05) is 18.3 Å². The number of aryl methyl sites for hydroxylation is 1. The Bertz CT molecular complexity index is 1210. The molecular weight excluding hydrogens is 414 g/mol. The number of amides is 1. The van der Waals surface area contributed by atoms with Gasteiger partial charge in [0.15, 0.2) is 18.2 Å². The molecule has 0 bridgehead atoms. The zero-order chi connectivity index (χ0) is 23.4. The van der Waals surface area contributed by atoms with Crippen molar-refractivity contribution in [1.82, 2.24) is 19.6 Å². The highest BCUT2D eigenvalue weighted by Gasteiger charge is 2.14. The maximum Gasteiger partial charge on any atom is 0.277 e. The van der Waals surface area contributed by atoms with E-state index < -0.39 is 0 Å². The number of anilines is 1. The highest BCUT2D eigenvalue weighted by molar-refractivity contribution is 6.02. The van der Waals surface area contributed by atoms with Crippen molar-refractivity contribution in [2.75, 3.05) is 5.32 Å². The zero-order valence-electron chi connectivity index (χ0n) is 19.4. The summed E-state index contributed by atoms with van der Waals surface area (Å²) in [5.74, 6) is 0.921. The van der Waals surface area contributed by atoms with E-state index in [-0.39, 0.29) is 18.1 Å². The predicted octanol–water partition coefficient (Wildman–Crippen LogP) is 5.02. The molecule has 0 fully saturated rings. The summed E-state index contributed by atoms with van der Waals surface area (Å²) < 4.78 is 9.17. The summed E-state index contributed by atoms with van der Waals surface area (Å²) in [6, 6.07) is 19.7. The number of rotatable bonds is 7. The number of aromatic nitrogens is 4. The first-order valence-corrected chi connectivity index (χ1v) is 10.9. The minimum absolute atomic E-state index is 0.0965. The number of nitrogens with zero attached hydrogens (tertiary/aromatic N) is 4. The van der Waals surface area contributed by atoms with E-state index in [1.54, 1.807) is 27.7 Å². The van der Waals surface area contributed by atoms with Gasteiger partial charge in [-0.05, 0) is 41.7 Å². The molecule has 0 aliphatic rings. The molecular formula is C26H29N5O2. The first kappa shape index (κ1) is 22.3. The molecule has 2 aromatic heterocycles. The molecule has 0 saturated carbocycles. The molecule has 1 N–H and O–H groups in total. The Balaban J connectivity index is 1.31. The molecule has 0 atom stereocenters. The number of hydrogen-bond acceptors (Lipinski definition) is 4. The Morgan fingerprint density at radius 1 is 0.909 bits per heavy atom. The van der Waals surface area contributed by atoms with Crippen LogP contribution in [0.3, 0.4) is 0 Å². The number of nitrogens with one attached hydrogen (secondary N) is 1. The normalized spacial score (nSPS) is 11.4. The molecule has 0 radical (unpaired) electrons. The lowest BCUT2D eigenvalue weighted by Crippen LogP contribution is -2.15. The fraction of sp³-hybridized carbons (Fsp3) is 0.269. The SMILES string of the molecule is Cc1ccc(Cn2ccc(NC(=O)c3ccn(COc4ccc(C(C)(C)C)cc4)n3)n2)cc1. The molecule has 4 rings (SSSR count). The number of ether oxygens (including phenoxy) is 1. The molecule has 7 heteroatoms. The van der Waals surface area contributed by atoms with Gasteiger partial charge in [0.25, 0.3) is 5.91 Å². The highest BCUT2D eigenvalue weighted by Crippen LogP contribution is 2.24. The zero-order valence-corrected chi connectivity index (χ0v) is 19.4. The second-order valence-corrected chi connectivity index (χ2v) is 9.13. The van der Waals surface area contributed by atoms with Crippen molar-refractivity contribution in [3.63, 3.8) is 0 Å². The number of hydrogen-bond donors (Lipinski definition) is 1. The van der Waals surface area contributed by atoms with E-state index in [1.165, 1.54) is 11.1 Å². The highest BCUT2D eigenvalue weighted by atomic mass is 16.5. The average Bonchev–Trinajstić information content (AvgIpc) is 3.43. The first-order chi connectivity index (χ1) is 15.8. The third-order valence-corrected chi connectivity index (χ3v) is 5.30. The van der Waals surface area contributed by atoms with Crippen molar-refractivity contribution in [2.24, 2.45) is 0 Å². The summed E-state index contributed by atoms with van der Waals surface area (Å²) in [5.41, 5.74) is 4.01. The van der Waals surface area contributed by atoms with Crippen LogP contribution in [0, 0.1) is 6.92 Å². The summed E-state index contributed by atoms with van der Waals surface area (Å²) in [6.45, 7) is 9.43. The van der Waals surface area contributed by atoms with E-state index in [2.05, 4.69) is 79.6 Å². The van der Waals surface area contributed by atoms with E-state index in [4.69, 9.17) is 4.74 Å². The van der Waals surface area contributed by atoms with Gasteiger partial charge in [0.2, 0.25) is 0 Å². The van der Waals surface area contributed by atoms with Crippen LogP contribution in [0.5, 0.6) is 5.75 Å². The second kappa shape index (κ2) is 9.32. The van der Waals surface area contributed by atoms with Crippen molar-refractivity contribution >= 4 is 11.7 Å². The quantitative estimate of drug-likeness (QED) is 0.435. The molecule has 2 heterocycles. The Labute approximate surface area is 194 Å². The molecule has 2 aromatic carbocycles. The predicted molar refractivity (Wildman–Crippen MR) is 128 cm³/mol. The molecule has 0 aliphatic carbocycles. The molecule has 0 unspecified atom stereocenters. The lowest BCUT2D eigenvalue weighted by Gasteiger charge is -2.19. The van der Waals surface area contributed by atoms with Crippen molar-refractivity contribution < 1.29 is 9.53 Å². The minimum Gasteiger partial charge on any atom is -0.471 e. The van der Waals surface area contributed by atoms with Gasteiger partial charge in [-0.3, -0.25) is 9.48 Å². The molecule has 7 nitrogen and oxygen atoms in total. The Morgan fingerprint density at radius 2 is 1.61 bits per heavy atom. The van der Waals surface area contributed by atoms with Crippen LogP contribution in [0.2, 0.25) is 0 Å². The molecule has 0 saturated heterocycles. The van der Waals surface area contributed by atoms with E-state index in [9.17, 15) is 4.79 Å². The van der Waals surface area contributed by atoms with E-state index in [0.29, 0.717) is 18.1 Å². The smallest absolute Gasteiger partial charge is 0.277 e. The molecule has 170 valence electrons. The summed E-state index contributed by atoms with van der Waals surface area (Å²) in [6.07, 6.45) is 3.56. The van der Waals surface area contributed by atoms with Gasteiger partial charge in [-0.25, -0.2) is 4.68 Å². The van der Waals surface area contributed by atoms with Crippen LogP contribution in [0.15, 0.2) is 73.1 Å². The molecule has 1 amide bonds. The summed E-state index contributed by atoms with van der Waals surface area (Å²) in [7, 11) is 0. The maximum absolute atomic E-state index is 12.6. The largest absolute Gasteiger partial charge is 0.471 e. The fourth-order valence-corrected chi connectivity index (χ4v) is 3.32. The van der Waals surface area contributed by atoms with Crippen LogP contribution in [-0.2, 0) is 18.7 Å². The van der Waals surface area contributed by atoms with Gasteiger partial charge < -0.3 is 10.1 Å². The van der Waals surface area contributed by atoms with E-state index >= 15 is 0 Å². The Morgan fingerprint density at radius 3 is 2.30 bits per heavy atom. The van der Waals surface area contributed by atoms with Crippen LogP contribution < -0.4 is 10.1 Å². The number of carbonyl (C=O) groups excluding carboxylic acids is 1. The topological polar surface area (TPSA) is 74.0 Å². The van der Waals surface area contributed by atoms with Crippen molar-refractivity contribution in [3.05, 3.63) is 95.4 Å². The van der Waals surface area contributed by atoms with Crippen molar-refractivity contribution in [3.8, 4) is 5.75 Å². The van der Waals surface area contributed by atoms with Crippen LogP contribution in [0.1, 0.15) is 48.0 Å².